The van der Waals surface area contributed by atoms with E-state index in [-0.39, 0.29) is 0 Å². The summed E-state index contributed by atoms with van der Waals surface area (Å²) in [5, 5.41) is 15.0. The van der Waals surface area contributed by atoms with Crippen LogP contribution < -0.4 is 15.4 Å². The Bertz CT molecular complexity index is 613. The van der Waals surface area contributed by atoms with Crippen molar-refractivity contribution >= 4 is 17.6 Å². The topological polar surface area (TPSA) is 72.2 Å². The number of nitrogens with one attached hydrogen (secondary N) is 2. The summed E-state index contributed by atoms with van der Waals surface area (Å²) >= 11 is 6.17. The molecular formula is C14H17ClN4O2. The molecule has 0 unspecified atom stereocenters. The zero-order valence-electron chi connectivity index (χ0n) is 11.7. The standard InChI is InChI=1S/C14H17ClN4O2/c1-20-12-4-2-3-11(15)10(12)7-17-14-19-18-13(21-14)8-16-9-5-6-9/h2-4,9,16H,5-8H2,1H3,(H,17,19). The van der Waals surface area contributed by atoms with Gasteiger partial charge in [-0.1, -0.05) is 22.8 Å². The molecule has 0 radical (unpaired) electrons. The van der Waals surface area contributed by atoms with Gasteiger partial charge in [0, 0.05) is 23.2 Å². The van der Waals surface area contributed by atoms with Gasteiger partial charge >= 0.3 is 6.01 Å². The molecule has 3 rings (SSSR count). The van der Waals surface area contributed by atoms with Crippen LogP contribution in [-0.2, 0) is 13.1 Å². The van der Waals surface area contributed by atoms with Crippen molar-refractivity contribution in [3.05, 3.63) is 34.7 Å². The lowest BCUT2D eigenvalue weighted by atomic mass is 10.2. The van der Waals surface area contributed by atoms with Crippen LogP contribution in [0.2, 0.25) is 5.02 Å². The fraction of sp³-hybridized carbons (Fsp3) is 0.429. The first-order valence-corrected chi connectivity index (χ1v) is 7.25. The van der Waals surface area contributed by atoms with Gasteiger partial charge < -0.3 is 19.8 Å². The Hall–Kier alpha value is -1.79. The Kier molecular flexibility index (Phi) is 4.26. The second-order valence-corrected chi connectivity index (χ2v) is 5.34. The van der Waals surface area contributed by atoms with E-state index in [1.54, 1.807) is 7.11 Å². The third-order valence-corrected chi connectivity index (χ3v) is 3.65. The molecule has 6 nitrogen and oxygen atoms in total. The van der Waals surface area contributed by atoms with Crippen LogP contribution in [0.3, 0.4) is 0 Å². The molecule has 0 atom stereocenters. The number of methoxy groups -OCH3 is 1. The maximum Gasteiger partial charge on any atom is 0.315 e. The highest BCUT2D eigenvalue weighted by atomic mass is 35.5. The van der Waals surface area contributed by atoms with E-state index in [1.165, 1.54) is 12.8 Å². The van der Waals surface area contributed by atoms with Crippen molar-refractivity contribution in [1.82, 2.24) is 15.5 Å². The third kappa shape index (κ3) is 3.65. The normalized spacial score (nSPS) is 14.2. The molecule has 1 aliphatic carbocycles. The van der Waals surface area contributed by atoms with E-state index in [4.69, 9.17) is 20.8 Å². The molecule has 1 fully saturated rings. The summed E-state index contributed by atoms with van der Waals surface area (Å²) in [6.07, 6.45) is 2.46. The molecule has 0 amide bonds. The molecule has 112 valence electrons. The van der Waals surface area contributed by atoms with Gasteiger partial charge in [0.15, 0.2) is 0 Å². The van der Waals surface area contributed by atoms with E-state index in [0.717, 1.165) is 11.3 Å². The van der Waals surface area contributed by atoms with Gasteiger partial charge in [0.05, 0.1) is 13.7 Å². The Morgan fingerprint density at radius 1 is 1.33 bits per heavy atom. The molecule has 7 heteroatoms. The highest BCUT2D eigenvalue weighted by Crippen LogP contribution is 2.27. The summed E-state index contributed by atoms with van der Waals surface area (Å²) in [4.78, 5) is 0. The fourth-order valence-corrected chi connectivity index (χ4v) is 2.21. The minimum absolute atomic E-state index is 0.379. The van der Waals surface area contributed by atoms with Crippen molar-refractivity contribution in [1.29, 1.82) is 0 Å². The van der Waals surface area contributed by atoms with Gasteiger partial charge in [0.1, 0.15) is 5.75 Å². The van der Waals surface area contributed by atoms with Gasteiger partial charge in [0.25, 0.3) is 0 Å². The van der Waals surface area contributed by atoms with E-state index in [0.29, 0.717) is 36.1 Å². The predicted octanol–water partition coefficient (Wildman–Crippen LogP) is 2.60. The predicted molar refractivity (Wildman–Crippen MR) is 79.5 cm³/mol. The molecule has 1 aliphatic rings. The average Bonchev–Trinajstić information content (AvgIpc) is 3.22. The van der Waals surface area contributed by atoms with Crippen LogP contribution in [0.1, 0.15) is 24.3 Å². The van der Waals surface area contributed by atoms with Crippen LogP contribution in [0.5, 0.6) is 5.75 Å². The lowest BCUT2D eigenvalue weighted by Gasteiger charge is -2.09. The van der Waals surface area contributed by atoms with Crippen molar-refractivity contribution < 1.29 is 9.15 Å². The van der Waals surface area contributed by atoms with Gasteiger partial charge in [-0.3, -0.25) is 0 Å². The Morgan fingerprint density at radius 3 is 2.95 bits per heavy atom. The van der Waals surface area contributed by atoms with E-state index in [2.05, 4.69) is 20.8 Å². The highest BCUT2D eigenvalue weighted by Gasteiger charge is 2.21. The Morgan fingerprint density at radius 2 is 2.19 bits per heavy atom. The Balaban J connectivity index is 1.59. The zero-order chi connectivity index (χ0) is 14.7. The van der Waals surface area contributed by atoms with E-state index in [1.807, 2.05) is 18.2 Å². The third-order valence-electron chi connectivity index (χ3n) is 3.30. The molecule has 1 aromatic heterocycles. The first kappa shape index (κ1) is 14.2. The number of hydrogen-bond acceptors (Lipinski definition) is 6. The lowest BCUT2D eigenvalue weighted by Crippen LogP contribution is -2.15. The van der Waals surface area contributed by atoms with Crippen LogP contribution in [0.15, 0.2) is 22.6 Å². The van der Waals surface area contributed by atoms with Crippen molar-refractivity contribution in [3.8, 4) is 5.75 Å². The molecule has 2 aromatic rings. The average molecular weight is 309 g/mol. The van der Waals surface area contributed by atoms with Gasteiger partial charge in [-0.2, -0.15) is 0 Å². The first-order valence-electron chi connectivity index (χ1n) is 6.87. The van der Waals surface area contributed by atoms with E-state index < -0.39 is 0 Å². The number of rotatable bonds is 7. The molecule has 1 heterocycles. The fourth-order valence-electron chi connectivity index (χ4n) is 1.98. The lowest BCUT2D eigenvalue weighted by molar-refractivity contribution is 0.410. The molecule has 0 bridgehead atoms. The summed E-state index contributed by atoms with van der Waals surface area (Å²) in [5.74, 6) is 1.31. The highest BCUT2D eigenvalue weighted by molar-refractivity contribution is 6.31. The van der Waals surface area contributed by atoms with Crippen molar-refractivity contribution in [3.63, 3.8) is 0 Å². The van der Waals surface area contributed by atoms with Crippen molar-refractivity contribution in [2.24, 2.45) is 0 Å². The zero-order valence-corrected chi connectivity index (χ0v) is 12.5. The molecule has 0 spiro atoms. The number of halogens is 1. The van der Waals surface area contributed by atoms with Crippen LogP contribution in [-0.4, -0.2) is 23.3 Å². The second-order valence-electron chi connectivity index (χ2n) is 4.93. The molecular weight excluding hydrogens is 292 g/mol. The molecule has 2 N–H and O–H groups in total. The summed E-state index contributed by atoms with van der Waals surface area (Å²) in [7, 11) is 1.61. The van der Waals surface area contributed by atoms with Gasteiger partial charge in [-0.05, 0) is 25.0 Å². The smallest absolute Gasteiger partial charge is 0.315 e. The van der Waals surface area contributed by atoms with Gasteiger partial charge in [-0.15, -0.1) is 5.10 Å². The number of benzene rings is 1. The van der Waals surface area contributed by atoms with Crippen molar-refractivity contribution in [2.75, 3.05) is 12.4 Å². The summed E-state index contributed by atoms with van der Waals surface area (Å²) in [6, 6.07) is 6.52. The summed E-state index contributed by atoms with van der Waals surface area (Å²) in [6.45, 7) is 1.06. The van der Waals surface area contributed by atoms with E-state index >= 15 is 0 Å². The largest absolute Gasteiger partial charge is 0.496 e. The van der Waals surface area contributed by atoms with Crippen LogP contribution in [0.25, 0.3) is 0 Å². The molecule has 1 saturated carbocycles. The van der Waals surface area contributed by atoms with Crippen LogP contribution >= 0.6 is 11.6 Å². The minimum atomic E-state index is 0.379. The maximum atomic E-state index is 6.17. The number of hydrogen-bond donors (Lipinski definition) is 2. The second kappa shape index (κ2) is 6.32. The summed E-state index contributed by atoms with van der Waals surface area (Å²) < 4.78 is 10.8. The number of anilines is 1. The van der Waals surface area contributed by atoms with Crippen LogP contribution in [0, 0.1) is 0 Å². The van der Waals surface area contributed by atoms with Gasteiger partial charge in [-0.25, -0.2) is 0 Å². The number of ether oxygens (including phenoxy) is 1. The summed E-state index contributed by atoms with van der Waals surface area (Å²) in [5.41, 5.74) is 0.859. The van der Waals surface area contributed by atoms with Crippen molar-refractivity contribution in [2.45, 2.75) is 32.0 Å². The quantitative estimate of drug-likeness (QED) is 0.819. The van der Waals surface area contributed by atoms with Gasteiger partial charge in [0.2, 0.25) is 5.89 Å². The molecule has 0 saturated heterocycles. The van der Waals surface area contributed by atoms with Crippen LogP contribution in [0.4, 0.5) is 6.01 Å². The van der Waals surface area contributed by atoms with E-state index in [9.17, 15) is 0 Å². The number of aromatic nitrogens is 2. The molecule has 1 aromatic carbocycles. The Labute approximate surface area is 127 Å². The monoisotopic (exact) mass is 308 g/mol. The number of nitrogens with zero attached hydrogens (tertiary/aromatic N) is 2. The SMILES string of the molecule is COc1cccc(Cl)c1CNc1nnc(CNC2CC2)o1. The molecule has 0 aliphatic heterocycles. The maximum absolute atomic E-state index is 6.17. The molecule has 21 heavy (non-hydrogen) atoms. The first-order chi connectivity index (χ1) is 10.3. The minimum Gasteiger partial charge on any atom is -0.496 e.